The molecule has 1 aliphatic heterocycles. The molecule has 1 fully saturated rings. The lowest BCUT2D eigenvalue weighted by Crippen LogP contribution is -2.34. The second kappa shape index (κ2) is 5.77. The van der Waals surface area contributed by atoms with Crippen LogP contribution in [0.4, 0.5) is 0 Å². The van der Waals surface area contributed by atoms with Gasteiger partial charge in [-0.25, -0.2) is 4.98 Å². The monoisotopic (exact) mass is 330 g/mol. The van der Waals surface area contributed by atoms with Gasteiger partial charge in [0.15, 0.2) is 0 Å². The largest absolute Gasteiger partial charge is 0.481 e. The van der Waals surface area contributed by atoms with Gasteiger partial charge in [0.1, 0.15) is 5.01 Å². The minimum Gasteiger partial charge on any atom is -0.481 e. The number of nitrogens with zero attached hydrogens (tertiary/aromatic N) is 2. The molecule has 1 saturated heterocycles. The fourth-order valence-electron chi connectivity index (χ4n) is 2.73. The summed E-state index contributed by atoms with van der Waals surface area (Å²) in [4.78, 5) is 29.9. The first-order valence-corrected chi connectivity index (χ1v) is 8.32. The smallest absolute Gasteiger partial charge is 0.311 e. The van der Waals surface area contributed by atoms with Crippen molar-refractivity contribution >= 4 is 23.2 Å². The molecule has 0 radical (unpaired) electrons. The van der Waals surface area contributed by atoms with E-state index in [0.29, 0.717) is 18.5 Å². The predicted molar refractivity (Wildman–Crippen MR) is 88.6 cm³/mol. The molecule has 0 saturated carbocycles. The second-order valence-corrected chi connectivity index (χ2v) is 7.07. The zero-order valence-electron chi connectivity index (χ0n) is 13.1. The Hall–Kier alpha value is -2.21. The van der Waals surface area contributed by atoms with Crippen LogP contribution in [0.5, 0.6) is 0 Å². The van der Waals surface area contributed by atoms with E-state index in [1.165, 1.54) is 0 Å². The summed E-state index contributed by atoms with van der Waals surface area (Å²) < 4.78 is 0. The number of hydrogen-bond donors (Lipinski definition) is 1. The summed E-state index contributed by atoms with van der Waals surface area (Å²) in [7, 11) is 0. The van der Waals surface area contributed by atoms with Gasteiger partial charge in [-0.1, -0.05) is 12.1 Å². The van der Waals surface area contributed by atoms with E-state index in [1.54, 1.807) is 35.3 Å². The molecule has 0 aliphatic carbocycles. The number of carboxylic acids is 1. The average molecular weight is 330 g/mol. The van der Waals surface area contributed by atoms with Crippen LogP contribution in [0.15, 0.2) is 29.6 Å². The Labute approximate surface area is 138 Å². The summed E-state index contributed by atoms with van der Waals surface area (Å²) in [6.45, 7) is 4.38. The molecule has 1 N–H and O–H groups in total. The number of aliphatic carboxylic acids is 1. The highest BCUT2D eigenvalue weighted by atomic mass is 32.1. The van der Waals surface area contributed by atoms with Crippen LogP contribution < -0.4 is 0 Å². The predicted octanol–water partition coefficient (Wildman–Crippen LogP) is 3.06. The molecule has 3 rings (SSSR count). The maximum absolute atomic E-state index is 12.5. The third kappa shape index (κ3) is 2.99. The maximum Gasteiger partial charge on any atom is 0.311 e. The zero-order valence-corrected chi connectivity index (χ0v) is 13.9. The van der Waals surface area contributed by atoms with Gasteiger partial charge >= 0.3 is 5.97 Å². The highest BCUT2D eigenvalue weighted by Gasteiger charge is 2.42. The van der Waals surface area contributed by atoms with Gasteiger partial charge in [-0.3, -0.25) is 9.59 Å². The van der Waals surface area contributed by atoms with Gasteiger partial charge in [0.25, 0.3) is 5.91 Å². The van der Waals surface area contributed by atoms with Crippen LogP contribution in [0.1, 0.15) is 29.4 Å². The summed E-state index contributed by atoms with van der Waals surface area (Å²) >= 11 is 1.57. The summed E-state index contributed by atoms with van der Waals surface area (Å²) in [5.41, 5.74) is 1.71. The number of carboxylic acid groups (broad SMARTS) is 1. The maximum atomic E-state index is 12.5. The Morgan fingerprint density at radius 2 is 2.00 bits per heavy atom. The first-order chi connectivity index (χ1) is 10.9. The van der Waals surface area contributed by atoms with Crippen LogP contribution in [0.25, 0.3) is 10.6 Å². The summed E-state index contributed by atoms with van der Waals surface area (Å²) in [5.74, 6) is -0.959. The Kier molecular flexibility index (Phi) is 3.93. The number of carbonyl (C=O) groups excluding carboxylic acids is 1. The number of likely N-dealkylation sites (tertiary alicyclic amines) is 1. The number of hydrogen-bond acceptors (Lipinski definition) is 4. The fraction of sp³-hybridized carbons (Fsp3) is 0.353. The molecule has 2 heterocycles. The number of thiazole rings is 1. The third-order valence-corrected chi connectivity index (χ3v) is 5.28. The third-order valence-electron chi connectivity index (χ3n) is 4.27. The fourth-order valence-corrected chi connectivity index (χ4v) is 3.54. The first kappa shape index (κ1) is 15.7. The number of aromatic nitrogens is 1. The molecule has 5 nitrogen and oxygen atoms in total. The summed E-state index contributed by atoms with van der Waals surface area (Å²) in [6, 6.07) is 7.34. The van der Waals surface area contributed by atoms with E-state index < -0.39 is 11.4 Å². The molecule has 1 amide bonds. The molecule has 1 atom stereocenters. The molecule has 1 aliphatic rings. The van der Waals surface area contributed by atoms with E-state index in [0.717, 1.165) is 16.3 Å². The number of rotatable bonds is 3. The van der Waals surface area contributed by atoms with Crippen molar-refractivity contribution in [2.75, 3.05) is 13.1 Å². The Morgan fingerprint density at radius 3 is 2.52 bits per heavy atom. The van der Waals surface area contributed by atoms with E-state index in [-0.39, 0.29) is 12.5 Å². The molecular formula is C17H18N2O3S. The van der Waals surface area contributed by atoms with Crippen LogP contribution in [-0.2, 0) is 4.79 Å². The van der Waals surface area contributed by atoms with E-state index in [2.05, 4.69) is 4.98 Å². The number of aryl methyl sites for hydroxylation is 1. The summed E-state index contributed by atoms with van der Waals surface area (Å²) in [5, 5.41) is 12.2. The lowest BCUT2D eigenvalue weighted by atomic mass is 9.90. The molecule has 0 bridgehead atoms. The molecule has 6 heteroatoms. The summed E-state index contributed by atoms with van der Waals surface area (Å²) in [6.07, 6.45) is 0.491. The van der Waals surface area contributed by atoms with E-state index in [1.807, 2.05) is 24.4 Å². The van der Waals surface area contributed by atoms with Crippen LogP contribution >= 0.6 is 11.3 Å². The van der Waals surface area contributed by atoms with Gasteiger partial charge in [-0.15, -0.1) is 11.3 Å². The molecule has 0 spiro atoms. The molecule has 2 aromatic rings. The van der Waals surface area contributed by atoms with E-state index >= 15 is 0 Å². The van der Waals surface area contributed by atoms with Gasteiger partial charge in [-0.2, -0.15) is 0 Å². The molecular weight excluding hydrogens is 312 g/mol. The second-order valence-electron chi connectivity index (χ2n) is 6.21. The van der Waals surface area contributed by atoms with Gasteiger partial charge in [0.2, 0.25) is 0 Å². The molecule has 0 unspecified atom stereocenters. The van der Waals surface area contributed by atoms with Crippen molar-refractivity contribution in [3.63, 3.8) is 0 Å². The van der Waals surface area contributed by atoms with Crippen molar-refractivity contribution in [2.45, 2.75) is 20.3 Å². The number of carbonyl (C=O) groups is 2. The van der Waals surface area contributed by atoms with Gasteiger partial charge < -0.3 is 10.0 Å². The minimum absolute atomic E-state index is 0.114. The molecule has 1 aromatic carbocycles. The normalized spacial score (nSPS) is 20.7. The first-order valence-electron chi connectivity index (χ1n) is 7.44. The quantitative estimate of drug-likeness (QED) is 0.939. The van der Waals surface area contributed by atoms with Crippen LogP contribution in [0.3, 0.4) is 0 Å². The molecule has 23 heavy (non-hydrogen) atoms. The average Bonchev–Trinajstić information content (AvgIpc) is 3.14. The van der Waals surface area contributed by atoms with E-state index in [4.69, 9.17) is 0 Å². The van der Waals surface area contributed by atoms with Crippen molar-refractivity contribution in [2.24, 2.45) is 5.41 Å². The molecule has 1 aromatic heterocycles. The van der Waals surface area contributed by atoms with Crippen LogP contribution in [-0.4, -0.2) is 40.0 Å². The van der Waals surface area contributed by atoms with E-state index in [9.17, 15) is 14.7 Å². The number of benzene rings is 1. The van der Waals surface area contributed by atoms with Crippen molar-refractivity contribution < 1.29 is 14.7 Å². The standard InChI is InChI=1S/C17H18N2O3S/c1-11-9-23-14(18-11)12-3-5-13(6-4-12)15(20)19-8-7-17(2,10-19)16(21)22/h3-6,9H,7-8,10H2,1-2H3,(H,21,22)/t17-/m0/s1. The minimum atomic E-state index is -0.845. The topological polar surface area (TPSA) is 70.5 Å². The number of amides is 1. The van der Waals surface area contributed by atoms with Crippen molar-refractivity contribution in [1.29, 1.82) is 0 Å². The van der Waals surface area contributed by atoms with Crippen molar-refractivity contribution in [3.8, 4) is 10.6 Å². The lowest BCUT2D eigenvalue weighted by molar-refractivity contribution is -0.147. The Balaban J connectivity index is 1.75. The van der Waals surface area contributed by atoms with Gasteiger partial charge in [0.05, 0.1) is 5.41 Å². The highest BCUT2D eigenvalue weighted by molar-refractivity contribution is 7.13. The van der Waals surface area contributed by atoms with Crippen LogP contribution in [0.2, 0.25) is 0 Å². The molecule has 120 valence electrons. The lowest BCUT2D eigenvalue weighted by Gasteiger charge is -2.20. The van der Waals surface area contributed by atoms with Crippen LogP contribution in [0, 0.1) is 12.3 Å². The zero-order chi connectivity index (χ0) is 16.6. The Bertz CT molecular complexity index is 753. The SMILES string of the molecule is Cc1csc(-c2ccc(C(=O)N3CC[C@](C)(C(=O)O)C3)cc2)n1. The van der Waals surface area contributed by atoms with Crippen molar-refractivity contribution in [1.82, 2.24) is 9.88 Å². The Morgan fingerprint density at radius 1 is 1.30 bits per heavy atom. The van der Waals surface area contributed by atoms with Crippen molar-refractivity contribution in [3.05, 3.63) is 40.9 Å². The van der Waals surface area contributed by atoms with Gasteiger partial charge in [-0.05, 0) is 32.4 Å². The van der Waals surface area contributed by atoms with Gasteiger partial charge in [0, 0.05) is 35.3 Å². The highest BCUT2D eigenvalue weighted by Crippen LogP contribution is 2.31.